The fraction of sp³-hybridized carbons (Fsp3) is 1.00. The minimum atomic E-state index is -0.117. The molecule has 1 aliphatic carbocycles. The molecule has 0 aromatic heterocycles. The second kappa shape index (κ2) is 6.17. The van der Waals surface area contributed by atoms with E-state index >= 15 is 0 Å². The van der Waals surface area contributed by atoms with Gasteiger partial charge in [-0.15, -0.1) is 0 Å². The molecule has 0 radical (unpaired) electrons. The number of ether oxygens (including phenoxy) is 1. The van der Waals surface area contributed by atoms with E-state index in [-0.39, 0.29) is 6.10 Å². The van der Waals surface area contributed by atoms with Gasteiger partial charge in [0, 0.05) is 19.7 Å². The van der Waals surface area contributed by atoms with Crippen LogP contribution in [0.2, 0.25) is 0 Å². The average Bonchev–Trinajstić information content (AvgIpc) is 2.39. The van der Waals surface area contributed by atoms with E-state index in [1.165, 1.54) is 32.1 Å². The minimum Gasteiger partial charge on any atom is -0.391 e. The fourth-order valence-electron chi connectivity index (χ4n) is 3.44. The van der Waals surface area contributed by atoms with Crippen LogP contribution in [0.1, 0.15) is 45.4 Å². The highest BCUT2D eigenvalue weighted by atomic mass is 16.5. The van der Waals surface area contributed by atoms with Crippen molar-refractivity contribution in [2.45, 2.75) is 63.7 Å². The van der Waals surface area contributed by atoms with Crippen LogP contribution in [0, 0.1) is 5.92 Å². The van der Waals surface area contributed by atoms with E-state index in [9.17, 15) is 5.11 Å². The highest BCUT2D eigenvalue weighted by molar-refractivity contribution is 4.89. The van der Waals surface area contributed by atoms with E-state index in [1.807, 2.05) is 0 Å². The molecule has 0 aromatic carbocycles. The quantitative estimate of drug-likeness (QED) is 0.820. The predicted octanol–water partition coefficient (Wildman–Crippen LogP) is 2.04. The van der Waals surface area contributed by atoms with E-state index < -0.39 is 0 Å². The first kappa shape index (κ1) is 13.3. The molecule has 1 saturated carbocycles. The monoisotopic (exact) mass is 241 g/mol. The van der Waals surface area contributed by atoms with Gasteiger partial charge in [-0.1, -0.05) is 13.3 Å². The van der Waals surface area contributed by atoms with Gasteiger partial charge in [-0.05, 0) is 44.6 Å². The molecule has 0 amide bonds. The van der Waals surface area contributed by atoms with Crippen LogP contribution in [0.5, 0.6) is 0 Å². The second-order valence-corrected chi connectivity index (χ2v) is 5.72. The highest BCUT2D eigenvalue weighted by Crippen LogP contribution is 2.31. The number of aliphatic hydroxyl groups is 1. The number of hydrogen-bond acceptors (Lipinski definition) is 3. The van der Waals surface area contributed by atoms with E-state index in [0.29, 0.717) is 12.1 Å². The first-order chi connectivity index (χ1) is 8.24. The largest absolute Gasteiger partial charge is 0.391 e. The zero-order chi connectivity index (χ0) is 12.3. The highest BCUT2D eigenvalue weighted by Gasteiger charge is 2.34. The molecule has 0 spiro atoms. The van der Waals surface area contributed by atoms with Crippen LogP contribution in [-0.2, 0) is 4.74 Å². The molecule has 4 atom stereocenters. The lowest BCUT2D eigenvalue weighted by atomic mass is 9.81. The molecule has 1 heterocycles. The molecular formula is C14H27NO2. The summed E-state index contributed by atoms with van der Waals surface area (Å²) in [5.74, 6) is 0.811. The number of methoxy groups -OCH3 is 1. The Morgan fingerprint density at radius 3 is 2.82 bits per heavy atom. The molecule has 2 fully saturated rings. The summed E-state index contributed by atoms with van der Waals surface area (Å²) >= 11 is 0. The van der Waals surface area contributed by atoms with Crippen LogP contribution in [0.15, 0.2) is 0 Å². The maximum Gasteiger partial charge on any atom is 0.0698 e. The van der Waals surface area contributed by atoms with Crippen molar-refractivity contribution >= 4 is 0 Å². The van der Waals surface area contributed by atoms with Crippen molar-refractivity contribution in [3.8, 4) is 0 Å². The van der Waals surface area contributed by atoms with Crippen LogP contribution in [0.25, 0.3) is 0 Å². The zero-order valence-electron chi connectivity index (χ0n) is 11.3. The van der Waals surface area contributed by atoms with E-state index in [4.69, 9.17) is 4.74 Å². The Morgan fingerprint density at radius 1 is 1.29 bits per heavy atom. The summed E-state index contributed by atoms with van der Waals surface area (Å²) in [5, 5.41) is 10.2. The second-order valence-electron chi connectivity index (χ2n) is 5.72. The number of aliphatic hydroxyl groups excluding tert-OH is 1. The lowest BCUT2D eigenvalue weighted by Crippen LogP contribution is -2.52. The molecule has 17 heavy (non-hydrogen) atoms. The van der Waals surface area contributed by atoms with E-state index in [1.54, 1.807) is 7.11 Å². The van der Waals surface area contributed by atoms with Gasteiger partial charge in [-0.2, -0.15) is 0 Å². The first-order valence-corrected chi connectivity index (χ1v) is 7.19. The van der Waals surface area contributed by atoms with Crippen LogP contribution in [-0.4, -0.2) is 48.5 Å². The summed E-state index contributed by atoms with van der Waals surface area (Å²) in [6, 6.07) is 0.381. The average molecular weight is 241 g/mol. The Bertz CT molecular complexity index is 234. The van der Waals surface area contributed by atoms with E-state index in [2.05, 4.69) is 11.8 Å². The molecule has 0 aromatic rings. The van der Waals surface area contributed by atoms with Gasteiger partial charge >= 0.3 is 0 Å². The Morgan fingerprint density at radius 2 is 2.12 bits per heavy atom. The van der Waals surface area contributed by atoms with Crippen LogP contribution in [0.4, 0.5) is 0 Å². The molecule has 0 bridgehead atoms. The molecule has 100 valence electrons. The van der Waals surface area contributed by atoms with Gasteiger partial charge in [-0.25, -0.2) is 0 Å². The van der Waals surface area contributed by atoms with Crippen molar-refractivity contribution in [1.29, 1.82) is 0 Å². The first-order valence-electron chi connectivity index (χ1n) is 7.19. The predicted molar refractivity (Wildman–Crippen MR) is 69.0 cm³/mol. The molecule has 3 heteroatoms. The number of nitrogens with zero attached hydrogens (tertiary/aromatic N) is 1. The van der Waals surface area contributed by atoms with Crippen molar-refractivity contribution in [1.82, 2.24) is 4.90 Å². The van der Waals surface area contributed by atoms with Gasteiger partial charge in [0.15, 0.2) is 0 Å². The molecule has 1 saturated heterocycles. The third-order valence-corrected chi connectivity index (χ3v) is 4.68. The Labute approximate surface area is 105 Å². The van der Waals surface area contributed by atoms with Gasteiger partial charge in [0.05, 0.1) is 12.2 Å². The third-order valence-electron chi connectivity index (χ3n) is 4.68. The van der Waals surface area contributed by atoms with Crippen LogP contribution in [0.3, 0.4) is 0 Å². The standard InChI is InChI=1S/C14H27NO2/c1-3-11-6-7-14(16)13(9-11)15-8-4-5-12(10-15)17-2/h11-14,16H,3-10H2,1-2H3. The van der Waals surface area contributed by atoms with E-state index in [0.717, 1.165) is 25.4 Å². The SMILES string of the molecule is CCC1CCC(O)C(N2CCCC(OC)C2)C1. The molecule has 2 aliphatic rings. The maximum atomic E-state index is 10.2. The summed E-state index contributed by atoms with van der Waals surface area (Å²) < 4.78 is 5.48. The molecule has 2 rings (SSSR count). The lowest BCUT2D eigenvalue weighted by molar-refractivity contribution is -0.0424. The van der Waals surface area contributed by atoms with Crippen molar-refractivity contribution in [3.63, 3.8) is 0 Å². The van der Waals surface area contributed by atoms with Gasteiger partial charge in [0.25, 0.3) is 0 Å². The number of hydrogen-bond donors (Lipinski definition) is 1. The van der Waals surface area contributed by atoms with Gasteiger partial charge in [0.1, 0.15) is 0 Å². The van der Waals surface area contributed by atoms with Crippen LogP contribution >= 0.6 is 0 Å². The summed E-state index contributed by atoms with van der Waals surface area (Å²) in [6.45, 7) is 4.42. The maximum absolute atomic E-state index is 10.2. The normalized spacial score (nSPS) is 40.4. The molecule has 1 aliphatic heterocycles. The van der Waals surface area contributed by atoms with Gasteiger partial charge in [0.2, 0.25) is 0 Å². The number of likely N-dealkylation sites (tertiary alicyclic amines) is 1. The molecule has 4 unspecified atom stereocenters. The smallest absolute Gasteiger partial charge is 0.0698 e. The lowest BCUT2D eigenvalue weighted by Gasteiger charge is -2.43. The van der Waals surface area contributed by atoms with Gasteiger partial charge < -0.3 is 9.84 Å². The topological polar surface area (TPSA) is 32.7 Å². The van der Waals surface area contributed by atoms with Crippen molar-refractivity contribution in [2.24, 2.45) is 5.92 Å². The third kappa shape index (κ3) is 3.21. The Hall–Kier alpha value is -0.120. The number of piperidine rings is 1. The Kier molecular flexibility index (Phi) is 4.83. The fourth-order valence-corrected chi connectivity index (χ4v) is 3.44. The summed E-state index contributed by atoms with van der Waals surface area (Å²) in [6.07, 6.45) is 7.25. The molecule has 3 nitrogen and oxygen atoms in total. The summed E-state index contributed by atoms with van der Waals surface area (Å²) in [5.41, 5.74) is 0. The van der Waals surface area contributed by atoms with Crippen molar-refractivity contribution < 1.29 is 9.84 Å². The van der Waals surface area contributed by atoms with Crippen molar-refractivity contribution in [3.05, 3.63) is 0 Å². The number of rotatable bonds is 3. The summed E-state index contributed by atoms with van der Waals surface area (Å²) in [4.78, 5) is 2.48. The molecule has 1 N–H and O–H groups in total. The van der Waals surface area contributed by atoms with Gasteiger partial charge in [-0.3, -0.25) is 4.90 Å². The zero-order valence-corrected chi connectivity index (χ0v) is 11.3. The minimum absolute atomic E-state index is 0.117. The summed E-state index contributed by atoms with van der Waals surface area (Å²) in [7, 11) is 1.81. The Balaban J connectivity index is 1.94. The van der Waals surface area contributed by atoms with Crippen molar-refractivity contribution in [2.75, 3.05) is 20.2 Å². The molecular weight excluding hydrogens is 214 g/mol. The van der Waals surface area contributed by atoms with Crippen LogP contribution < -0.4 is 0 Å².